The summed E-state index contributed by atoms with van der Waals surface area (Å²) in [4.78, 5) is 14.3. The fraction of sp³-hybridized carbons (Fsp3) is 0.923. The van der Waals surface area contributed by atoms with Gasteiger partial charge < -0.3 is 10.6 Å². The van der Waals surface area contributed by atoms with Crippen molar-refractivity contribution in [3.05, 3.63) is 0 Å². The van der Waals surface area contributed by atoms with Gasteiger partial charge in [-0.15, -0.1) is 0 Å². The Bertz CT molecular complexity index is 230. The number of nitrogens with zero attached hydrogens (tertiary/aromatic N) is 1. The summed E-state index contributed by atoms with van der Waals surface area (Å²) in [5.74, 6) is 0.172. The molecule has 1 heterocycles. The number of amides is 1. The lowest BCUT2D eigenvalue weighted by atomic mass is 10.1. The summed E-state index contributed by atoms with van der Waals surface area (Å²) in [7, 11) is 0. The minimum atomic E-state index is -0.283. The Morgan fingerprint density at radius 1 is 1.44 bits per heavy atom. The van der Waals surface area contributed by atoms with Crippen molar-refractivity contribution in [2.24, 2.45) is 5.73 Å². The molecular weight excluding hydrogens is 200 g/mol. The average Bonchev–Trinajstić information content (AvgIpc) is 2.66. The Balaban J connectivity index is 2.56. The van der Waals surface area contributed by atoms with Gasteiger partial charge in [0.15, 0.2) is 0 Å². The highest BCUT2D eigenvalue weighted by Gasteiger charge is 2.34. The molecule has 3 nitrogen and oxygen atoms in total. The number of carbonyl (C=O) groups excluding carboxylic acids is 1. The largest absolute Gasteiger partial charge is 0.336 e. The number of likely N-dealkylation sites (tertiary alicyclic amines) is 1. The molecule has 16 heavy (non-hydrogen) atoms. The quantitative estimate of drug-likeness (QED) is 0.782. The topological polar surface area (TPSA) is 46.3 Å². The lowest BCUT2D eigenvalue weighted by Gasteiger charge is -2.30. The zero-order chi connectivity index (χ0) is 12.1. The van der Waals surface area contributed by atoms with Crippen LogP contribution in [0.15, 0.2) is 0 Å². The highest BCUT2D eigenvalue weighted by Crippen LogP contribution is 2.26. The van der Waals surface area contributed by atoms with Crippen LogP contribution in [0, 0.1) is 0 Å². The van der Waals surface area contributed by atoms with Crippen molar-refractivity contribution >= 4 is 5.91 Å². The van der Waals surface area contributed by atoms with Gasteiger partial charge >= 0.3 is 0 Å². The first-order chi connectivity index (χ1) is 7.61. The van der Waals surface area contributed by atoms with Gasteiger partial charge in [0.2, 0.25) is 5.91 Å². The summed E-state index contributed by atoms with van der Waals surface area (Å²) >= 11 is 0. The van der Waals surface area contributed by atoms with Crippen molar-refractivity contribution in [2.75, 3.05) is 0 Å². The Hall–Kier alpha value is -0.570. The van der Waals surface area contributed by atoms with Crippen LogP contribution in [0.25, 0.3) is 0 Å². The molecule has 1 rings (SSSR count). The third kappa shape index (κ3) is 2.97. The Morgan fingerprint density at radius 3 is 2.69 bits per heavy atom. The second-order valence-electron chi connectivity index (χ2n) is 4.98. The molecule has 0 aliphatic carbocycles. The fourth-order valence-electron chi connectivity index (χ4n) is 2.61. The predicted octanol–water partition coefficient (Wildman–Crippen LogP) is 2.29. The molecule has 1 amide bonds. The molecule has 0 saturated carbocycles. The van der Waals surface area contributed by atoms with Crippen LogP contribution in [0.1, 0.15) is 59.3 Å². The van der Waals surface area contributed by atoms with Gasteiger partial charge in [0.05, 0.1) is 6.04 Å². The molecule has 1 aliphatic rings. The Labute approximate surface area is 99.4 Å². The van der Waals surface area contributed by atoms with Gasteiger partial charge in [-0.25, -0.2) is 0 Å². The van der Waals surface area contributed by atoms with Crippen LogP contribution in [-0.4, -0.2) is 28.9 Å². The van der Waals surface area contributed by atoms with Gasteiger partial charge in [-0.05, 0) is 32.6 Å². The van der Waals surface area contributed by atoms with E-state index in [1.165, 1.54) is 0 Å². The zero-order valence-corrected chi connectivity index (χ0v) is 10.9. The smallest absolute Gasteiger partial charge is 0.239 e. The van der Waals surface area contributed by atoms with E-state index in [0.29, 0.717) is 12.1 Å². The van der Waals surface area contributed by atoms with Gasteiger partial charge in [-0.2, -0.15) is 0 Å². The second kappa shape index (κ2) is 6.24. The predicted molar refractivity (Wildman–Crippen MR) is 67.1 cm³/mol. The van der Waals surface area contributed by atoms with Crippen LogP contribution in [0.4, 0.5) is 0 Å². The van der Waals surface area contributed by atoms with Gasteiger partial charge in [-0.1, -0.05) is 26.7 Å². The molecule has 0 aromatic carbocycles. The molecule has 3 unspecified atom stereocenters. The minimum absolute atomic E-state index is 0.172. The number of carbonyl (C=O) groups is 1. The minimum Gasteiger partial charge on any atom is -0.336 e. The normalized spacial score (nSPS) is 27.1. The van der Waals surface area contributed by atoms with Crippen molar-refractivity contribution in [1.82, 2.24) is 4.90 Å². The van der Waals surface area contributed by atoms with E-state index in [1.807, 2.05) is 4.90 Å². The highest BCUT2D eigenvalue weighted by molar-refractivity contribution is 5.82. The van der Waals surface area contributed by atoms with Gasteiger partial charge in [-0.3, -0.25) is 4.79 Å². The first-order valence-corrected chi connectivity index (χ1v) is 6.69. The maximum absolute atomic E-state index is 12.2. The number of unbranched alkanes of at least 4 members (excludes halogenated alkanes) is 1. The van der Waals surface area contributed by atoms with E-state index >= 15 is 0 Å². The van der Waals surface area contributed by atoms with Gasteiger partial charge in [0.1, 0.15) is 0 Å². The molecule has 0 aromatic heterocycles. The van der Waals surface area contributed by atoms with E-state index in [-0.39, 0.29) is 11.9 Å². The van der Waals surface area contributed by atoms with Crippen LogP contribution < -0.4 is 5.73 Å². The lowest BCUT2D eigenvalue weighted by Crippen LogP contribution is -2.48. The third-order valence-electron chi connectivity index (χ3n) is 3.70. The molecule has 1 aliphatic heterocycles. The summed E-state index contributed by atoms with van der Waals surface area (Å²) in [6.07, 6.45) is 6.31. The maximum atomic E-state index is 12.2. The van der Waals surface area contributed by atoms with E-state index < -0.39 is 0 Å². The van der Waals surface area contributed by atoms with E-state index in [0.717, 1.165) is 38.5 Å². The number of nitrogens with two attached hydrogens (primary N) is 1. The molecule has 3 heteroatoms. The van der Waals surface area contributed by atoms with Gasteiger partial charge in [0, 0.05) is 12.1 Å². The number of hydrogen-bond acceptors (Lipinski definition) is 2. The van der Waals surface area contributed by atoms with E-state index in [1.54, 1.807) is 0 Å². The van der Waals surface area contributed by atoms with E-state index in [9.17, 15) is 4.79 Å². The number of hydrogen-bond donors (Lipinski definition) is 1. The molecule has 3 atom stereocenters. The van der Waals surface area contributed by atoms with Crippen LogP contribution in [0.2, 0.25) is 0 Å². The molecular formula is C13H26N2O. The standard InChI is InChI=1S/C13H26N2O/c1-4-6-7-12(14)13(16)15-10(3)8-9-11(15)5-2/h10-12H,4-9,14H2,1-3H3. The maximum Gasteiger partial charge on any atom is 0.239 e. The van der Waals surface area contributed by atoms with Crippen LogP contribution >= 0.6 is 0 Å². The van der Waals surface area contributed by atoms with Crippen molar-refractivity contribution in [3.63, 3.8) is 0 Å². The zero-order valence-electron chi connectivity index (χ0n) is 10.9. The van der Waals surface area contributed by atoms with Crippen molar-refractivity contribution in [2.45, 2.75) is 77.4 Å². The summed E-state index contributed by atoms with van der Waals surface area (Å²) in [5.41, 5.74) is 5.97. The molecule has 0 spiro atoms. The fourth-order valence-corrected chi connectivity index (χ4v) is 2.61. The Kier molecular flexibility index (Phi) is 5.26. The first-order valence-electron chi connectivity index (χ1n) is 6.69. The number of rotatable bonds is 5. The van der Waals surface area contributed by atoms with Crippen molar-refractivity contribution in [3.8, 4) is 0 Å². The molecule has 1 fully saturated rings. The van der Waals surface area contributed by atoms with Crippen molar-refractivity contribution in [1.29, 1.82) is 0 Å². The summed E-state index contributed by atoms with van der Waals surface area (Å²) < 4.78 is 0. The van der Waals surface area contributed by atoms with Gasteiger partial charge in [0.25, 0.3) is 0 Å². The van der Waals surface area contributed by atoms with E-state index in [2.05, 4.69) is 20.8 Å². The molecule has 0 radical (unpaired) electrons. The molecule has 94 valence electrons. The second-order valence-corrected chi connectivity index (χ2v) is 4.98. The Morgan fingerprint density at radius 2 is 2.12 bits per heavy atom. The SMILES string of the molecule is CCCCC(N)C(=O)N1C(C)CCC1CC. The summed E-state index contributed by atoms with van der Waals surface area (Å²) in [5, 5.41) is 0. The molecule has 2 N–H and O–H groups in total. The third-order valence-corrected chi connectivity index (χ3v) is 3.70. The highest BCUT2D eigenvalue weighted by atomic mass is 16.2. The first kappa shape index (κ1) is 13.5. The van der Waals surface area contributed by atoms with Crippen LogP contribution in [-0.2, 0) is 4.79 Å². The lowest BCUT2D eigenvalue weighted by molar-refractivity contribution is -0.135. The molecule has 1 saturated heterocycles. The monoisotopic (exact) mass is 226 g/mol. The van der Waals surface area contributed by atoms with Crippen LogP contribution in [0.5, 0.6) is 0 Å². The van der Waals surface area contributed by atoms with E-state index in [4.69, 9.17) is 5.73 Å². The molecule has 0 bridgehead atoms. The summed E-state index contributed by atoms with van der Waals surface area (Å²) in [6, 6.07) is 0.523. The summed E-state index contributed by atoms with van der Waals surface area (Å²) in [6.45, 7) is 6.42. The molecule has 0 aromatic rings. The van der Waals surface area contributed by atoms with Crippen molar-refractivity contribution < 1.29 is 4.79 Å². The average molecular weight is 226 g/mol. The van der Waals surface area contributed by atoms with Crippen LogP contribution in [0.3, 0.4) is 0 Å².